The Hall–Kier alpha value is -1.15. The highest BCUT2D eigenvalue weighted by Crippen LogP contribution is 2.30. The molecule has 1 fully saturated rings. The molecule has 0 saturated heterocycles. The number of nitrogens with two attached hydrogens (primary N) is 1. The first kappa shape index (κ1) is 17.2. The van der Waals surface area contributed by atoms with E-state index in [1.54, 1.807) is 31.4 Å². The molecule has 1 saturated carbocycles. The second-order valence-electron chi connectivity index (χ2n) is 5.61. The predicted octanol–water partition coefficient (Wildman–Crippen LogP) is 1.26. The maximum atomic E-state index is 12.5. The highest BCUT2D eigenvalue weighted by atomic mass is 32.2. The Morgan fingerprint density at radius 3 is 2.36 bits per heavy atom. The van der Waals surface area contributed by atoms with E-state index in [-0.39, 0.29) is 4.90 Å². The summed E-state index contributed by atoms with van der Waals surface area (Å²) in [6, 6.07) is 6.38. The van der Waals surface area contributed by atoms with E-state index in [1.165, 1.54) is 0 Å². The first-order chi connectivity index (χ1) is 10.5. The maximum absolute atomic E-state index is 12.5. The molecule has 0 spiro atoms. The van der Waals surface area contributed by atoms with Gasteiger partial charge in [-0.2, -0.15) is 0 Å². The fourth-order valence-corrected chi connectivity index (χ4v) is 4.17. The smallest absolute Gasteiger partial charge is 0.241 e. The lowest BCUT2D eigenvalue weighted by Crippen LogP contribution is -2.51. The molecule has 1 aromatic carbocycles. The summed E-state index contributed by atoms with van der Waals surface area (Å²) < 4.78 is 38.1. The molecule has 1 aliphatic rings. The molecule has 22 heavy (non-hydrogen) atoms. The highest BCUT2D eigenvalue weighted by molar-refractivity contribution is 7.89. The van der Waals surface area contributed by atoms with Crippen LogP contribution in [0, 0.1) is 0 Å². The van der Waals surface area contributed by atoms with E-state index in [0.717, 1.165) is 25.7 Å². The summed E-state index contributed by atoms with van der Waals surface area (Å²) in [6.07, 6.45) is 3.60. The van der Waals surface area contributed by atoms with Crippen molar-refractivity contribution in [1.82, 2.24) is 4.72 Å². The van der Waals surface area contributed by atoms with Crippen LogP contribution < -0.4 is 15.2 Å². The van der Waals surface area contributed by atoms with Crippen molar-refractivity contribution in [2.45, 2.75) is 36.1 Å². The zero-order chi connectivity index (χ0) is 16.1. The third kappa shape index (κ3) is 4.19. The molecule has 0 amide bonds. The van der Waals surface area contributed by atoms with Crippen molar-refractivity contribution in [2.75, 3.05) is 26.9 Å². The third-order valence-corrected chi connectivity index (χ3v) is 5.59. The van der Waals surface area contributed by atoms with Crippen LogP contribution in [0.25, 0.3) is 0 Å². The van der Waals surface area contributed by atoms with Gasteiger partial charge in [0.05, 0.1) is 11.5 Å². The number of nitrogens with one attached hydrogen (secondary N) is 1. The van der Waals surface area contributed by atoms with Crippen LogP contribution in [0.2, 0.25) is 0 Å². The summed E-state index contributed by atoms with van der Waals surface area (Å²) in [7, 11) is -1.97. The van der Waals surface area contributed by atoms with Gasteiger partial charge in [0.25, 0.3) is 0 Å². The molecule has 0 heterocycles. The van der Waals surface area contributed by atoms with Gasteiger partial charge in [0, 0.05) is 19.2 Å². The lowest BCUT2D eigenvalue weighted by atomic mass is 10.0. The number of methoxy groups -OCH3 is 1. The highest BCUT2D eigenvalue weighted by Gasteiger charge is 2.36. The zero-order valence-corrected chi connectivity index (χ0v) is 13.7. The Morgan fingerprint density at radius 1 is 1.18 bits per heavy atom. The van der Waals surface area contributed by atoms with Gasteiger partial charge < -0.3 is 15.2 Å². The van der Waals surface area contributed by atoms with Gasteiger partial charge in [0.15, 0.2) is 0 Å². The summed E-state index contributed by atoms with van der Waals surface area (Å²) in [6.45, 7) is 1.24. The molecule has 0 atom stereocenters. The van der Waals surface area contributed by atoms with Gasteiger partial charge in [0.2, 0.25) is 10.0 Å². The fourth-order valence-electron chi connectivity index (χ4n) is 2.70. The molecule has 3 N–H and O–H groups in total. The van der Waals surface area contributed by atoms with Gasteiger partial charge in [-0.3, -0.25) is 0 Å². The molecule has 124 valence electrons. The fraction of sp³-hybridized carbons (Fsp3) is 0.600. The van der Waals surface area contributed by atoms with Crippen molar-refractivity contribution >= 4 is 10.0 Å². The molecule has 1 aliphatic carbocycles. The second-order valence-corrected chi connectivity index (χ2v) is 7.29. The van der Waals surface area contributed by atoms with Crippen LogP contribution in [0.4, 0.5) is 0 Å². The standard InChI is InChI=1S/C15H24N2O4S/c1-20-10-11-21-13-4-6-14(7-5-13)22(18,19)17-15(12-16)8-2-3-9-15/h4-7,17H,2-3,8-12,16H2,1H3. The molecule has 6 nitrogen and oxygen atoms in total. The predicted molar refractivity (Wildman–Crippen MR) is 84.4 cm³/mol. The normalized spacial score (nSPS) is 17.5. The van der Waals surface area contributed by atoms with Crippen LogP contribution in [0.15, 0.2) is 29.2 Å². The molecule has 0 unspecified atom stereocenters. The summed E-state index contributed by atoms with van der Waals surface area (Å²) in [5.74, 6) is 0.616. The number of rotatable bonds is 8. The first-order valence-corrected chi connectivity index (χ1v) is 8.95. The average Bonchev–Trinajstić information content (AvgIpc) is 2.96. The molecular formula is C15H24N2O4S. The number of benzene rings is 1. The van der Waals surface area contributed by atoms with Gasteiger partial charge >= 0.3 is 0 Å². The lowest BCUT2D eigenvalue weighted by Gasteiger charge is -2.28. The summed E-state index contributed by atoms with van der Waals surface area (Å²) >= 11 is 0. The Kier molecular flexibility index (Phi) is 5.80. The number of hydrogen-bond acceptors (Lipinski definition) is 5. The van der Waals surface area contributed by atoms with Gasteiger partial charge in [-0.15, -0.1) is 0 Å². The Bertz CT molecular complexity index is 566. The number of sulfonamides is 1. The molecule has 2 rings (SSSR count). The lowest BCUT2D eigenvalue weighted by molar-refractivity contribution is 0.146. The molecule has 0 aliphatic heterocycles. The Morgan fingerprint density at radius 2 is 1.82 bits per heavy atom. The van der Waals surface area contributed by atoms with Crippen molar-refractivity contribution < 1.29 is 17.9 Å². The van der Waals surface area contributed by atoms with Crippen LogP contribution in [0.1, 0.15) is 25.7 Å². The van der Waals surface area contributed by atoms with E-state index in [9.17, 15) is 8.42 Å². The summed E-state index contributed by atoms with van der Waals surface area (Å²) in [5.41, 5.74) is 5.29. The van der Waals surface area contributed by atoms with E-state index in [2.05, 4.69) is 4.72 Å². The topological polar surface area (TPSA) is 90.6 Å². The minimum Gasteiger partial charge on any atom is -0.491 e. The number of ether oxygens (including phenoxy) is 2. The quantitative estimate of drug-likeness (QED) is 0.701. The zero-order valence-electron chi connectivity index (χ0n) is 12.9. The monoisotopic (exact) mass is 328 g/mol. The van der Waals surface area contributed by atoms with Gasteiger partial charge in [-0.1, -0.05) is 12.8 Å². The van der Waals surface area contributed by atoms with Crippen molar-refractivity contribution in [1.29, 1.82) is 0 Å². The molecule has 1 aromatic rings. The minimum absolute atomic E-state index is 0.228. The SMILES string of the molecule is COCCOc1ccc(S(=O)(=O)NC2(CN)CCCC2)cc1. The van der Waals surface area contributed by atoms with Crippen LogP contribution in [0.5, 0.6) is 5.75 Å². The maximum Gasteiger partial charge on any atom is 0.241 e. The van der Waals surface area contributed by atoms with Gasteiger partial charge in [-0.05, 0) is 37.1 Å². The van der Waals surface area contributed by atoms with E-state index in [1.807, 2.05) is 0 Å². The second kappa shape index (κ2) is 7.41. The van der Waals surface area contributed by atoms with E-state index < -0.39 is 15.6 Å². The Balaban J connectivity index is 2.06. The van der Waals surface area contributed by atoms with Crippen molar-refractivity contribution in [3.05, 3.63) is 24.3 Å². The van der Waals surface area contributed by atoms with Crippen molar-refractivity contribution in [3.63, 3.8) is 0 Å². The molecule has 0 bridgehead atoms. The largest absolute Gasteiger partial charge is 0.491 e. The molecule has 0 radical (unpaired) electrons. The van der Waals surface area contributed by atoms with E-state index in [0.29, 0.717) is 25.5 Å². The van der Waals surface area contributed by atoms with Crippen LogP contribution in [0.3, 0.4) is 0 Å². The minimum atomic E-state index is -3.57. The van der Waals surface area contributed by atoms with Gasteiger partial charge in [0.1, 0.15) is 12.4 Å². The van der Waals surface area contributed by atoms with Crippen molar-refractivity contribution in [2.24, 2.45) is 5.73 Å². The van der Waals surface area contributed by atoms with E-state index >= 15 is 0 Å². The van der Waals surface area contributed by atoms with Gasteiger partial charge in [-0.25, -0.2) is 13.1 Å². The average molecular weight is 328 g/mol. The number of hydrogen-bond donors (Lipinski definition) is 2. The molecule has 0 aromatic heterocycles. The summed E-state index contributed by atoms with van der Waals surface area (Å²) in [5, 5.41) is 0. The summed E-state index contributed by atoms with van der Waals surface area (Å²) in [4.78, 5) is 0.228. The van der Waals surface area contributed by atoms with E-state index in [4.69, 9.17) is 15.2 Å². The molecule has 7 heteroatoms. The van der Waals surface area contributed by atoms with Crippen molar-refractivity contribution in [3.8, 4) is 5.75 Å². The van der Waals surface area contributed by atoms with Crippen LogP contribution in [-0.2, 0) is 14.8 Å². The third-order valence-electron chi connectivity index (χ3n) is 3.99. The van der Waals surface area contributed by atoms with Crippen LogP contribution >= 0.6 is 0 Å². The van der Waals surface area contributed by atoms with Crippen LogP contribution in [-0.4, -0.2) is 40.8 Å². The molecular weight excluding hydrogens is 304 g/mol. The first-order valence-electron chi connectivity index (χ1n) is 7.47. The Labute approximate surface area is 132 Å².